The van der Waals surface area contributed by atoms with Gasteiger partial charge in [0.05, 0.1) is 0 Å². The van der Waals surface area contributed by atoms with E-state index in [1.54, 1.807) is 12.1 Å². The monoisotopic (exact) mass is 245 g/mol. The van der Waals surface area contributed by atoms with E-state index >= 15 is 0 Å². The molecule has 0 saturated carbocycles. The second-order valence-corrected chi connectivity index (χ2v) is 4.32. The van der Waals surface area contributed by atoms with Gasteiger partial charge in [0.25, 0.3) is 0 Å². The van der Waals surface area contributed by atoms with Crippen molar-refractivity contribution in [2.75, 3.05) is 5.73 Å². The van der Waals surface area contributed by atoms with Gasteiger partial charge < -0.3 is 5.73 Å². The van der Waals surface area contributed by atoms with Gasteiger partial charge in [-0.1, -0.05) is 13.3 Å². The van der Waals surface area contributed by atoms with Crippen molar-refractivity contribution in [1.29, 1.82) is 0 Å². The van der Waals surface area contributed by atoms with Crippen LogP contribution in [0.3, 0.4) is 0 Å². The highest BCUT2D eigenvalue weighted by Gasteiger charge is 2.08. The van der Waals surface area contributed by atoms with E-state index in [1.807, 2.05) is 6.92 Å². The number of benzene rings is 1. The van der Waals surface area contributed by atoms with Crippen LogP contribution in [0.4, 0.5) is 10.2 Å². The molecule has 0 amide bonds. The number of nitrogen functional groups attached to an aromatic ring is 1. The van der Waals surface area contributed by atoms with Gasteiger partial charge in [0.15, 0.2) is 5.82 Å². The zero-order valence-electron chi connectivity index (χ0n) is 10.6. The fraction of sp³-hybridized carbons (Fsp3) is 0.286. The van der Waals surface area contributed by atoms with Gasteiger partial charge in [-0.05, 0) is 37.1 Å². The van der Waals surface area contributed by atoms with Gasteiger partial charge in [-0.25, -0.2) is 14.4 Å². The smallest absolute Gasteiger partial charge is 0.162 e. The number of aryl methyl sites for hydroxylation is 2. The maximum absolute atomic E-state index is 13.1. The third kappa shape index (κ3) is 2.64. The molecule has 0 saturated heterocycles. The SMILES string of the molecule is CCCc1cc(N)nc(-c2ccc(F)cc2C)n1. The van der Waals surface area contributed by atoms with Gasteiger partial charge in [0.1, 0.15) is 11.6 Å². The lowest BCUT2D eigenvalue weighted by Gasteiger charge is -2.07. The average Bonchev–Trinajstić information content (AvgIpc) is 2.28. The van der Waals surface area contributed by atoms with Gasteiger partial charge >= 0.3 is 0 Å². The molecule has 1 aromatic heterocycles. The maximum Gasteiger partial charge on any atom is 0.162 e. The van der Waals surface area contributed by atoms with E-state index in [4.69, 9.17) is 5.73 Å². The van der Waals surface area contributed by atoms with Crippen molar-refractivity contribution in [3.05, 3.63) is 41.3 Å². The number of rotatable bonds is 3. The maximum atomic E-state index is 13.1. The second kappa shape index (κ2) is 5.12. The van der Waals surface area contributed by atoms with E-state index in [0.29, 0.717) is 11.6 Å². The third-order valence-corrected chi connectivity index (χ3v) is 2.73. The van der Waals surface area contributed by atoms with Crippen molar-refractivity contribution < 1.29 is 4.39 Å². The lowest BCUT2D eigenvalue weighted by molar-refractivity contribution is 0.627. The fourth-order valence-corrected chi connectivity index (χ4v) is 1.90. The van der Waals surface area contributed by atoms with Crippen molar-refractivity contribution in [1.82, 2.24) is 9.97 Å². The molecule has 0 bridgehead atoms. The van der Waals surface area contributed by atoms with Crippen LogP contribution >= 0.6 is 0 Å². The van der Waals surface area contributed by atoms with Crippen LogP contribution in [0.2, 0.25) is 0 Å². The normalized spacial score (nSPS) is 10.6. The van der Waals surface area contributed by atoms with Crippen LogP contribution in [0.5, 0.6) is 0 Å². The summed E-state index contributed by atoms with van der Waals surface area (Å²) < 4.78 is 13.1. The van der Waals surface area contributed by atoms with E-state index in [9.17, 15) is 4.39 Å². The molecular formula is C14H16FN3. The van der Waals surface area contributed by atoms with Crippen LogP contribution in [-0.4, -0.2) is 9.97 Å². The Balaban J connectivity index is 2.49. The molecule has 3 nitrogen and oxygen atoms in total. The summed E-state index contributed by atoms with van der Waals surface area (Å²) in [5, 5.41) is 0. The van der Waals surface area contributed by atoms with Crippen molar-refractivity contribution in [3.63, 3.8) is 0 Å². The van der Waals surface area contributed by atoms with Crippen LogP contribution in [0.15, 0.2) is 24.3 Å². The number of nitrogens with zero attached hydrogens (tertiary/aromatic N) is 2. The van der Waals surface area contributed by atoms with E-state index in [2.05, 4.69) is 16.9 Å². The number of aromatic nitrogens is 2. The molecule has 0 atom stereocenters. The molecule has 0 unspecified atom stereocenters. The summed E-state index contributed by atoms with van der Waals surface area (Å²) in [5.41, 5.74) is 8.33. The Bertz CT molecular complexity index is 567. The van der Waals surface area contributed by atoms with Crippen molar-refractivity contribution in [2.45, 2.75) is 26.7 Å². The number of hydrogen-bond donors (Lipinski definition) is 1. The minimum atomic E-state index is -0.256. The van der Waals surface area contributed by atoms with Gasteiger partial charge in [-0.2, -0.15) is 0 Å². The summed E-state index contributed by atoms with van der Waals surface area (Å²) in [7, 11) is 0. The van der Waals surface area contributed by atoms with Crippen molar-refractivity contribution in [2.24, 2.45) is 0 Å². The molecule has 94 valence electrons. The largest absolute Gasteiger partial charge is 0.384 e. The second-order valence-electron chi connectivity index (χ2n) is 4.32. The first-order valence-electron chi connectivity index (χ1n) is 6.00. The lowest BCUT2D eigenvalue weighted by atomic mass is 10.1. The first-order chi connectivity index (χ1) is 8.60. The van der Waals surface area contributed by atoms with Gasteiger partial charge in [0, 0.05) is 17.3 Å². The highest BCUT2D eigenvalue weighted by molar-refractivity contribution is 5.61. The summed E-state index contributed by atoms with van der Waals surface area (Å²) in [6.07, 6.45) is 1.86. The zero-order valence-corrected chi connectivity index (χ0v) is 10.6. The quantitative estimate of drug-likeness (QED) is 0.903. The van der Waals surface area contributed by atoms with Crippen LogP contribution in [-0.2, 0) is 6.42 Å². The standard InChI is InChI=1S/C14H16FN3/c1-3-4-11-8-13(16)18-14(17-11)12-6-5-10(15)7-9(12)2/h5-8H,3-4H2,1-2H3,(H2,16,17,18). The van der Waals surface area contributed by atoms with Crippen LogP contribution < -0.4 is 5.73 Å². The van der Waals surface area contributed by atoms with E-state index in [0.717, 1.165) is 29.7 Å². The van der Waals surface area contributed by atoms with E-state index < -0.39 is 0 Å². The molecule has 2 rings (SSSR count). The molecular weight excluding hydrogens is 229 g/mol. The minimum Gasteiger partial charge on any atom is -0.384 e. The first kappa shape index (κ1) is 12.5. The Hall–Kier alpha value is -1.97. The average molecular weight is 245 g/mol. The molecule has 2 N–H and O–H groups in total. The van der Waals surface area contributed by atoms with Crippen LogP contribution in [0.1, 0.15) is 24.6 Å². The highest BCUT2D eigenvalue weighted by atomic mass is 19.1. The topological polar surface area (TPSA) is 51.8 Å². The molecule has 0 spiro atoms. The van der Waals surface area contributed by atoms with Gasteiger partial charge in [-0.15, -0.1) is 0 Å². The minimum absolute atomic E-state index is 0.256. The Morgan fingerprint density at radius 3 is 2.67 bits per heavy atom. The Kier molecular flexibility index (Phi) is 3.55. The molecule has 0 aliphatic heterocycles. The fourth-order valence-electron chi connectivity index (χ4n) is 1.90. The lowest BCUT2D eigenvalue weighted by Crippen LogP contribution is -2.01. The third-order valence-electron chi connectivity index (χ3n) is 2.73. The summed E-state index contributed by atoms with van der Waals surface area (Å²) >= 11 is 0. The van der Waals surface area contributed by atoms with Crippen molar-refractivity contribution in [3.8, 4) is 11.4 Å². The molecule has 2 aromatic rings. The number of anilines is 1. The van der Waals surface area contributed by atoms with Crippen LogP contribution in [0.25, 0.3) is 11.4 Å². The van der Waals surface area contributed by atoms with Crippen LogP contribution in [0, 0.1) is 12.7 Å². The van der Waals surface area contributed by atoms with Crippen molar-refractivity contribution >= 4 is 5.82 Å². The van der Waals surface area contributed by atoms with E-state index in [1.165, 1.54) is 12.1 Å². The molecule has 0 radical (unpaired) electrons. The number of nitrogens with two attached hydrogens (primary N) is 1. The first-order valence-corrected chi connectivity index (χ1v) is 6.00. The predicted molar refractivity (Wildman–Crippen MR) is 70.6 cm³/mol. The number of halogens is 1. The van der Waals surface area contributed by atoms with Gasteiger partial charge in [0.2, 0.25) is 0 Å². The Morgan fingerprint density at radius 2 is 2.00 bits per heavy atom. The molecule has 1 aromatic carbocycles. The molecule has 0 aliphatic carbocycles. The molecule has 1 heterocycles. The molecule has 18 heavy (non-hydrogen) atoms. The Labute approximate surface area is 106 Å². The summed E-state index contributed by atoms with van der Waals surface area (Å²) in [6.45, 7) is 3.92. The number of hydrogen-bond acceptors (Lipinski definition) is 3. The van der Waals surface area contributed by atoms with Gasteiger partial charge in [-0.3, -0.25) is 0 Å². The summed E-state index contributed by atoms with van der Waals surface area (Å²) in [6, 6.07) is 6.36. The molecule has 0 fully saturated rings. The zero-order chi connectivity index (χ0) is 13.1. The summed E-state index contributed by atoms with van der Waals surface area (Å²) in [5.74, 6) is 0.761. The molecule has 0 aliphatic rings. The highest BCUT2D eigenvalue weighted by Crippen LogP contribution is 2.22. The predicted octanol–water partition coefficient (Wildman–Crippen LogP) is 3.13. The summed E-state index contributed by atoms with van der Waals surface area (Å²) in [4.78, 5) is 8.69. The molecule has 4 heteroatoms. The Morgan fingerprint density at radius 1 is 1.22 bits per heavy atom. The van der Waals surface area contributed by atoms with E-state index in [-0.39, 0.29) is 5.82 Å².